The third kappa shape index (κ3) is 3.61. The van der Waals surface area contributed by atoms with Gasteiger partial charge in [0.2, 0.25) is 5.91 Å². The molecule has 3 nitrogen and oxygen atoms in total. The summed E-state index contributed by atoms with van der Waals surface area (Å²) in [6, 6.07) is 8.05. The molecule has 0 saturated carbocycles. The van der Waals surface area contributed by atoms with E-state index in [9.17, 15) is 4.79 Å². The third-order valence-electron chi connectivity index (χ3n) is 3.99. The minimum atomic E-state index is -0.0495. The highest BCUT2D eigenvalue weighted by Gasteiger charge is 2.04. The Kier molecular flexibility index (Phi) is 4.64. The van der Waals surface area contributed by atoms with Crippen LogP contribution in [0, 0.1) is 0 Å². The van der Waals surface area contributed by atoms with E-state index in [0.717, 1.165) is 22.8 Å². The molecule has 2 aromatic rings. The second kappa shape index (κ2) is 7.03. The Morgan fingerprint density at radius 2 is 2.18 bits per heavy atom. The molecule has 1 amide bonds. The van der Waals surface area contributed by atoms with Crippen molar-refractivity contribution in [1.82, 2.24) is 10.3 Å². The van der Waals surface area contributed by atoms with Gasteiger partial charge in [-0.05, 0) is 37.1 Å². The minimum Gasteiger partial charge on any atom is -0.352 e. The van der Waals surface area contributed by atoms with Gasteiger partial charge >= 0.3 is 0 Å². The predicted octanol–water partition coefficient (Wildman–Crippen LogP) is 3.86. The molecule has 0 bridgehead atoms. The zero-order valence-electron chi connectivity index (χ0n) is 12.6. The first-order valence-corrected chi connectivity index (χ1v) is 7.79. The van der Waals surface area contributed by atoms with E-state index in [1.165, 1.54) is 24.8 Å². The van der Waals surface area contributed by atoms with E-state index in [-0.39, 0.29) is 5.91 Å². The van der Waals surface area contributed by atoms with Crippen LogP contribution >= 0.6 is 0 Å². The maximum absolute atomic E-state index is 11.9. The topological polar surface area (TPSA) is 42.0 Å². The van der Waals surface area contributed by atoms with E-state index < -0.39 is 0 Å². The van der Waals surface area contributed by atoms with E-state index >= 15 is 0 Å². The zero-order chi connectivity index (χ0) is 15.2. The number of aromatic nitrogens is 1. The molecule has 0 spiro atoms. The van der Waals surface area contributed by atoms with Gasteiger partial charge in [-0.1, -0.05) is 35.9 Å². The molecule has 1 aromatic carbocycles. The maximum Gasteiger partial charge on any atom is 0.244 e. The first kappa shape index (κ1) is 14.5. The summed E-state index contributed by atoms with van der Waals surface area (Å²) in [5, 5.41) is 5.13. The Balaban J connectivity index is 1.59. The van der Waals surface area contributed by atoms with Crippen molar-refractivity contribution in [2.75, 3.05) is 6.54 Å². The number of carbonyl (C=O) groups excluding carboxylic acids is 1. The van der Waals surface area contributed by atoms with Gasteiger partial charge in [0.25, 0.3) is 0 Å². The smallest absolute Gasteiger partial charge is 0.244 e. The van der Waals surface area contributed by atoms with Gasteiger partial charge in [-0.15, -0.1) is 0 Å². The second-order valence-corrected chi connectivity index (χ2v) is 5.58. The van der Waals surface area contributed by atoms with Crippen LogP contribution in [0.15, 0.2) is 54.4 Å². The Labute approximate surface area is 130 Å². The summed E-state index contributed by atoms with van der Waals surface area (Å²) in [7, 11) is 0. The van der Waals surface area contributed by atoms with Crippen molar-refractivity contribution < 1.29 is 4.79 Å². The highest BCUT2D eigenvalue weighted by Crippen LogP contribution is 2.20. The first-order valence-electron chi connectivity index (χ1n) is 7.79. The molecule has 1 aromatic heterocycles. The number of carbonyl (C=O) groups is 1. The van der Waals surface area contributed by atoms with Crippen molar-refractivity contribution in [2.45, 2.75) is 25.7 Å². The summed E-state index contributed by atoms with van der Waals surface area (Å²) >= 11 is 0. The van der Waals surface area contributed by atoms with Gasteiger partial charge in [-0.25, -0.2) is 0 Å². The van der Waals surface area contributed by atoms with Crippen molar-refractivity contribution in [2.24, 2.45) is 0 Å². The molecule has 112 valence electrons. The molecule has 22 heavy (non-hydrogen) atoms. The molecule has 3 rings (SSSR count). The monoisotopic (exact) mass is 292 g/mol. The van der Waals surface area contributed by atoms with Crippen LogP contribution in [0.3, 0.4) is 0 Å². The molecule has 0 radical (unpaired) electrons. The van der Waals surface area contributed by atoms with E-state index in [1.807, 2.05) is 36.5 Å². The van der Waals surface area contributed by atoms with Crippen LogP contribution in [0.25, 0.3) is 16.8 Å². The fraction of sp³-hybridized carbons (Fsp3) is 0.263. The average Bonchev–Trinajstić information content (AvgIpc) is 3.06. The van der Waals surface area contributed by atoms with Crippen LogP contribution in [0.1, 0.15) is 31.2 Å². The zero-order valence-corrected chi connectivity index (χ0v) is 12.6. The van der Waals surface area contributed by atoms with Gasteiger partial charge in [0.15, 0.2) is 0 Å². The van der Waals surface area contributed by atoms with E-state index in [1.54, 1.807) is 12.3 Å². The summed E-state index contributed by atoms with van der Waals surface area (Å²) < 4.78 is 0. The van der Waals surface area contributed by atoms with Crippen LogP contribution in [0.2, 0.25) is 0 Å². The highest BCUT2D eigenvalue weighted by atomic mass is 16.1. The number of rotatable bonds is 5. The number of benzene rings is 1. The number of pyridine rings is 1. The molecule has 3 heteroatoms. The summed E-state index contributed by atoms with van der Waals surface area (Å²) in [4.78, 5) is 16.1. The van der Waals surface area contributed by atoms with Gasteiger partial charge in [0.1, 0.15) is 0 Å². The lowest BCUT2D eigenvalue weighted by atomic mass is 10.1. The molecule has 0 fully saturated rings. The summed E-state index contributed by atoms with van der Waals surface area (Å²) in [5.41, 5.74) is 2.44. The third-order valence-corrected chi connectivity index (χ3v) is 3.99. The Hall–Kier alpha value is -2.42. The quantitative estimate of drug-likeness (QED) is 0.671. The largest absolute Gasteiger partial charge is 0.352 e. The van der Waals surface area contributed by atoms with Crippen molar-refractivity contribution in [3.8, 4) is 0 Å². The fourth-order valence-electron chi connectivity index (χ4n) is 2.81. The van der Waals surface area contributed by atoms with Gasteiger partial charge < -0.3 is 5.32 Å². The molecule has 0 saturated heterocycles. The Morgan fingerprint density at radius 1 is 1.27 bits per heavy atom. The van der Waals surface area contributed by atoms with Crippen molar-refractivity contribution in [3.05, 3.63) is 59.9 Å². The molecule has 0 aliphatic heterocycles. The molecular formula is C19H20N2O. The van der Waals surface area contributed by atoms with Gasteiger partial charge in [0, 0.05) is 36.0 Å². The number of allylic oxidation sites excluding steroid dienone is 1. The number of fused-ring (bicyclic) bond motifs is 1. The molecule has 1 aliphatic carbocycles. The van der Waals surface area contributed by atoms with Crippen LogP contribution in [-0.2, 0) is 4.79 Å². The van der Waals surface area contributed by atoms with Crippen molar-refractivity contribution in [1.29, 1.82) is 0 Å². The van der Waals surface area contributed by atoms with E-state index in [4.69, 9.17) is 0 Å². The lowest BCUT2D eigenvalue weighted by molar-refractivity contribution is -0.116. The summed E-state index contributed by atoms with van der Waals surface area (Å²) in [6.45, 7) is 0.711. The highest BCUT2D eigenvalue weighted by molar-refractivity contribution is 5.96. The van der Waals surface area contributed by atoms with Crippen LogP contribution in [-0.4, -0.2) is 17.4 Å². The summed E-state index contributed by atoms with van der Waals surface area (Å²) in [6.07, 6.45) is 13.9. The van der Waals surface area contributed by atoms with E-state index in [2.05, 4.69) is 16.4 Å². The SMILES string of the molecule is O=C(/C=C/c1cncc2ccccc12)NCCC1=CCCC1. The number of hydrogen-bond donors (Lipinski definition) is 1. The number of nitrogens with one attached hydrogen (secondary N) is 1. The molecule has 0 unspecified atom stereocenters. The summed E-state index contributed by atoms with van der Waals surface area (Å²) in [5.74, 6) is -0.0495. The second-order valence-electron chi connectivity index (χ2n) is 5.58. The van der Waals surface area contributed by atoms with Crippen molar-refractivity contribution in [3.63, 3.8) is 0 Å². The van der Waals surface area contributed by atoms with Crippen molar-refractivity contribution >= 4 is 22.8 Å². The average molecular weight is 292 g/mol. The van der Waals surface area contributed by atoms with Gasteiger partial charge in [-0.2, -0.15) is 0 Å². The van der Waals surface area contributed by atoms with Crippen LogP contribution in [0.4, 0.5) is 0 Å². The predicted molar refractivity (Wildman–Crippen MR) is 90.3 cm³/mol. The van der Waals surface area contributed by atoms with Gasteiger partial charge in [-0.3, -0.25) is 9.78 Å². The Bertz CT molecular complexity index is 726. The fourth-order valence-corrected chi connectivity index (χ4v) is 2.81. The molecule has 1 heterocycles. The molecule has 1 aliphatic rings. The Morgan fingerprint density at radius 3 is 3.05 bits per heavy atom. The molecule has 1 N–H and O–H groups in total. The van der Waals surface area contributed by atoms with Crippen LogP contribution < -0.4 is 5.32 Å². The number of amides is 1. The first-order chi connectivity index (χ1) is 10.8. The molecule has 0 atom stereocenters. The van der Waals surface area contributed by atoms with Crippen LogP contribution in [0.5, 0.6) is 0 Å². The normalized spacial score (nSPS) is 14.5. The number of hydrogen-bond acceptors (Lipinski definition) is 2. The van der Waals surface area contributed by atoms with E-state index in [0.29, 0.717) is 6.54 Å². The molecular weight excluding hydrogens is 272 g/mol. The lowest BCUT2D eigenvalue weighted by Gasteiger charge is -2.03. The standard InChI is InChI=1S/C19H20N2O/c22-19(21-12-11-15-5-1-2-6-15)10-9-17-14-20-13-16-7-3-4-8-18(16)17/h3-5,7-10,13-14H,1-2,6,11-12H2,(H,21,22)/b10-9+. The minimum absolute atomic E-state index is 0.0495. The van der Waals surface area contributed by atoms with Gasteiger partial charge in [0.05, 0.1) is 0 Å². The maximum atomic E-state index is 11.9. The lowest BCUT2D eigenvalue weighted by Crippen LogP contribution is -2.22. The number of nitrogens with zero attached hydrogens (tertiary/aromatic N) is 1.